The lowest BCUT2D eigenvalue weighted by Crippen LogP contribution is -2.40. The summed E-state index contributed by atoms with van der Waals surface area (Å²) >= 11 is 0. The van der Waals surface area contributed by atoms with Gasteiger partial charge in [0.15, 0.2) is 16.4 Å². The SMILES string of the molecule is COc1ccccc1C(=O)OCC(=O)N(C)[C@H]1CCS(=O)(=O)C1. The summed E-state index contributed by atoms with van der Waals surface area (Å²) in [5.41, 5.74) is 0.230. The summed E-state index contributed by atoms with van der Waals surface area (Å²) in [5.74, 6) is -0.704. The molecule has 1 aromatic carbocycles. The molecule has 1 heterocycles. The van der Waals surface area contributed by atoms with Crippen LogP contribution in [0, 0.1) is 0 Å². The average Bonchev–Trinajstić information content (AvgIpc) is 2.91. The van der Waals surface area contributed by atoms with Crippen LogP contribution in [0.15, 0.2) is 24.3 Å². The van der Waals surface area contributed by atoms with Gasteiger partial charge in [0.2, 0.25) is 0 Å². The molecule has 126 valence electrons. The topological polar surface area (TPSA) is 90.0 Å². The summed E-state index contributed by atoms with van der Waals surface area (Å²) in [5, 5.41) is 0. The van der Waals surface area contributed by atoms with E-state index in [1.54, 1.807) is 24.3 Å². The van der Waals surface area contributed by atoms with Crippen molar-refractivity contribution in [2.75, 3.05) is 32.3 Å². The van der Waals surface area contributed by atoms with Gasteiger partial charge >= 0.3 is 5.97 Å². The number of hydrogen-bond acceptors (Lipinski definition) is 6. The van der Waals surface area contributed by atoms with E-state index in [2.05, 4.69) is 0 Å². The Morgan fingerprint density at radius 2 is 2.00 bits per heavy atom. The van der Waals surface area contributed by atoms with Crippen LogP contribution in [0.1, 0.15) is 16.8 Å². The second-order valence-electron chi connectivity index (χ2n) is 5.34. The van der Waals surface area contributed by atoms with Gasteiger partial charge in [0.05, 0.1) is 18.6 Å². The molecular weight excluding hydrogens is 322 g/mol. The molecule has 0 aromatic heterocycles. The smallest absolute Gasteiger partial charge is 0.342 e. The standard InChI is InChI=1S/C15H19NO6S/c1-16(11-7-8-23(19,20)10-11)14(17)9-22-15(18)12-5-3-4-6-13(12)21-2/h3-6,11H,7-10H2,1-2H3/t11-/m0/s1. The van der Waals surface area contributed by atoms with Crippen molar-refractivity contribution in [1.82, 2.24) is 4.90 Å². The lowest BCUT2D eigenvalue weighted by atomic mass is 10.2. The summed E-state index contributed by atoms with van der Waals surface area (Å²) in [7, 11) is -0.121. The van der Waals surface area contributed by atoms with E-state index in [4.69, 9.17) is 9.47 Å². The predicted octanol–water partition coefficient (Wildman–Crippen LogP) is 0.497. The first-order valence-electron chi connectivity index (χ1n) is 7.10. The van der Waals surface area contributed by atoms with E-state index < -0.39 is 28.3 Å². The fraction of sp³-hybridized carbons (Fsp3) is 0.467. The Kier molecular flexibility index (Phi) is 5.25. The number of methoxy groups -OCH3 is 1. The van der Waals surface area contributed by atoms with Gasteiger partial charge in [-0.1, -0.05) is 12.1 Å². The Morgan fingerprint density at radius 1 is 1.30 bits per heavy atom. The van der Waals surface area contributed by atoms with Crippen LogP contribution in [0.25, 0.3) is 0 Å². The van der Waals surface area contributed by atoms with Crippen LogP contribution in [-0.4, -0.2) is 63.5 Å². The Morgan fingerprint density at radius 3 is 2.61 bits per heavy atom. The van der Waals surface area contributed by atoms with Crippen LogP contribution in [-0.2, 0) is 19.4 Å². The van der Waals surface area contributed by atoms with Crippen molar-refractivity contribution in [2.24, 2.45) is 0 Å². The van der Waals surface area contributed by atoms with E-state index in [9.17, 15) is 18.0 Å². The van der Waals surface area contributed by atoms with E-state index in [0.29, 0.717) is 12.2 Å². The summed E-state index contributed by atoms with van der Waals surface area (Å²) in [4.78, 5) is 25.4. The van der Waals surface area contributed by atoms with Crippen molar-refractivity contribution < 1.29 is 27.5 Å². The van der Waals surface area contributed by atoms with Gasteiger partial charge in [-0.25, -0.2) is 13.2 Å². The molecule has 2 rings (SSSR count). The van der Waals surface area contributed by atoms with Gasteiger partial charge < -0.3 is 14.4 Å². The largest absolute Gasteiger partial charge is 0.496 e. The van der Waals surface area contributed by atoms with E-state index in [-0.39, 0.29) is 23.1 Å². The fourth-order valence-electron chi connectivity index (χ4n) is 2.40. The number of carbonyl (C=O) groups excluding carboxylic acids is 2. The van der Waals surface area contributed by atoms with Gasteiger partial charge in [0.25, 0.3) is 5.91 Å². The molecule has 0 unspecified atom stereocenters. The molecule has 8 heteroatoms. The fourth-order valence-corrected chi connectivity index (χ4v) is 4.18. The number of para-hydroxylation sites is 1. The first kappa shape index (κ1) is 17.3. The lowest BCUT2D eigenvalue weighted by molar-refractivity contribution is -0.134. The molecule has 0 N–H and O–H groups in total. The minimum absolute atomic E-state index is 0.0459. The Hall–Kier alpha value is -2.09. The quantitative estimate of drug-likeness (QED) is 0.725. The number of rotatable bonds is 5. The van der Waals surface area contributed by atoms with Crippen molar-refractivity contribution in [3.63, 3.8) is 0 Å². The maximum Gasteiger partial charge on any atom is 0.342 e. The highest BCUT2D eigenvalue weighted by atomic mass is 32.2. The number of esters is 1. The van der Waals surface area contributed by atoms with E-state index in [0.717, 1.165) is 0 Å². The van der Waals surface area contributed by atoms with Crippen molar-refractivity contribution in [1.29, 1.82) is 0 Å². The van der Waals surface area contributed by atoms with Gasteiger partial charge in [-0.15, -0.1) is 0 Å². The zero-order chi connectivity index (χ0) is 17.0. The maximum atomic E-state index is 12.1. The Bertz CT molecular complexity index is 700. The number of hydrogen-bond donors (Lipinski definition) is 0. The molecule has 1 amide bonds. The molecule has 1 atom stereocenters. The zero-order valence-electron chi connectivity index (χ0n) is 13.0. The highest BCUT2D eigenvalue weighted by molar-refractivity contribution is 7.91. The van der Waals surface area contributed by atoms with Crippen LogP contribution < -0.4 is 4.74 Å². The molecule has 0 aliphatic carbocycles. The molecular formula is C15H19NO6S. The molecule has 1 aromatic rings. The molecule has 1 fully saturated rings. The number of likely N-dealkylation sites (N-methyl/N-ethyl adjacent to an activating group) is 1. The number of carbonyl (C=O) groups is 2. The summed E-state index contributed by atoms with van der Waals surface area (Å²) in [6.45, 7) is -0.441. The van der Waals surface area contributed by atoms with Gasteiger partial charge in [-0.05, 0) is 18.6 Å². The van der Waals surface area contributed by atoms with Crippen LogP contribution in [0.3, 0.4) is 0 Å². The second-order valence-corrected chi connectivity index (χ2v) is 7.57. The number of sulfone groups is 1. The average molecular weight is 341 g/mol. The minimum Gasteiger partial charge on any atom is -0.496 e. The summed E-state index contributed by atoms with van der Waals surface area (Å²) < 4.78 is 33.0. The first-order valence-corrected chi connectivity index (χ1v) is 8.92. The third-order valence-electron chi connectivity index (χ3n) is 3.80. The summed E-state index contributed by atoms with van der Waals surface area (Å²) in [6, 6.07) is 6.18. The monoisotopic (exact) mass is 341 g/mol. The van der Waals surface area contributed by atoms with Gasteiger partial charge in [0, 0.05) is 13.1 Å². The van der Waals surface area contributed by atoms with Crippen molar-refractivity contribution in [3.05, 3.63) is 29.8 Å². The predicted molar refractivity (Wildman–Crippen MR) is 83.1 cm³/mol. The molecule has 1 saturated heterocycles. The second kappa shape index (κ2) is 6.99. The number of benzene rings is 1. The van der Waals surface area contributed by atoms with E-state index in [1.807, 2.05) is 0 Å². The Balaban J connectivity index is 1.92. The van der Waals surface area contributed by atoms with Crippen molar-refractivity contribution in [3.8, 4) is 5.75 Å². The maximum absolute atomic E-state index is 12.1. The van der Waals surface area contributed by atoms with Crippen molar-refractivity contribution in [2.45, 2.75) is 12.5 Å². The van der Waals surface area contributed by atoms with Crippen LogP contribution in [0.5, 0.6) is 5.75 Å². The molecule has 0 spiro atoms. The number of ether oxygens (including phenoxy) is 2. The summed E-state index contributed by atoms with van der Waals surface area (Å²) in [6.07, 6.45) is 0.408. The zero-order valence-corrected chi connectivity index (χ0v) is 13.8. The van der Waals surface area contributed by atoms with Gasteiger partial charge in [-0.3, -0.25) is 4.79 Å². The molecule has 23 heavy (non-hydrogen) atoms. The molecule has 0 radical (unpaired) electrons. The van der Waals surface area contributed by atoms with Crippen LogP contribution in [0.2, 0.25) is 0 Å². The highest BCUT2D eigenvalue weighted by Crippen LogP contribution is 2.19. The first-order chi connectivity index (χ1) is 10.8. The highest BCUT2D eigenvalue weighted by Gasteiger charge is 2.33. The number of nitrogens with zero attached hydrogens (tertiary/aromatic N) is 1. The molecule has 1 aliphatic rings. The Labute approximate surface area is 135 Å². The van der Waals surface area contributed by atoms with E-state index in [1.165, 1.54) is 19.1 Å². The third-order valence-corrected chi connectivity index (χ3v) is 5.55. The molecule has 7 nitrogen and oxygen atoms in total. The van der Waals surface area contributed by atoms with Crippen LogP contribution in [0.4, 0.5) is 0 Å². The third kappa shape index (κ3) is 4.22. The van der Waals surface area contributed by atoms with E-state index >= 15 is 0 Å². The number of amides is 1. The normalized spacial score (nSPS) is 19.1. The molecule has 0 bridgehead atoms. The van der Waals surface area contributed by atoms with Crippen molar-refractivity contribution >= 4 is 21.7 Å². The van der Waals surface area contributed by atoms with Gasteiger partial charge in [-0.2, -0.15) is 0 Å². The minimum atomic E-state index is -3.08. The van der Waals surface area contributed by atoms with Crippen LogP contribution >= 0.6 is 0 Å². The lowest BCUT2D eigenvalue weighted by Gasteiger charge is -2.23. The van der Waals surface area contributed by atoms with Gasteiger partial charge in [0.1, 0.15) is 11.3 Å². The molecule has 0 saturated carbocycles. The molecule has 1 aliphatic heterocycles.